The van der Waals surface area contributed by atoms with Crippen molar-refractivity contribution < 1.29 is 4.79 Å². The summed E-state index contributed by atoms with van der Waals surface area (Å²) in [6.45, 7) is 8.25. The molecule has 0 aliphatic carbocycles. The van der Waals surface area contributed by atoms with E-state index in [0.29, 0.717) is 6.54 Å². The van der Waals surface area contributed by atoms with Gasteiger partial charge >= 0.3 is 0 Å². The zero-order valence-corrected chi connectivity index (χ0v) is 9.76. The molecule has 0 aromatic rings. The maximum absolute atomic E-state index is 11.3. The van der Waals surface area contributed by atoms with Crippen LogP contribution in [0.25, 0.3) is 0 Å². The largest absolute Gasteiger partial charge is 0.355 e. The number of nitrogens with zero attached hydrogens (tertiary/aromatic N) is 1. The van der Waals surface area contributed by atoms with Gasteiger partial charge in [0.1, 0.15) is 0 Å². The van der Waals surface area contributed by atoms with E-state index in [1.807, 2.05) is 18.9 Å². The van der Waals surface area contributed by atoms with E-state index >= 15 is 0 Å². The van der Waals surface area contributed by atoms with Crippen molar-refractivity contribution in [2.75, 3.05) is 26.7 Å². The molecule has 0 radical (unpaired) electrons. The lowest BCUT2D eigenvalue weighted by Crippen LogP contribution is -2.35. The summed E-state index contributed by atoms with van der Waals surface area (Å²) < 4.78 is 0. The van der Waals surface area contributed by atoms with Gasteiger partial charge in [-0.3, -0.25) is 9.69 Å². The van der Waals surface area contributed by atoms with E-state index in [4.69, 9.17) is 0 Å². The van der Waals surface area contributed by atoms with Gasteiger partial charge < -0.3 is 5.32 Å². The fraction of sp³-hybridized carbons (Fsp3) is 0.727. The molecule has 0 fully saturated rings. The van der Waals surface area contributed by atoms with Gasteiger partial charge in [-0.15, -0.1) is 0 Å². The minimum atomic E-state index is 0.108. The summed E-state index contributed by atoms with van der Waals surface area (Å²) in [5.74, 6) is 0.108. The highest BCUT2D eigenvalue weighted by Gasteiger charge is 2.03. The number of nitrogens with one attached hydrogen (secondary N) is 1. The average Bonchev–Trinajstić information content (AvgIpc) is 2.11. The van der Waals surface area contributed by atoms with Crippen LogP contribution in [0.3, 0.4) is 0 Å². The van der Waals surface area contributed by atoms with Crippen molar-refractivity contribution in [2.24, 2.45) is 0 Å². The van der Waals surface area contributed by atoms with E-state index in [1.165, 1.54) is 5.57 Å². The van der Waals surface area contributed by atoms with Gasteiger partial charge in [0.25, 0.3) is 0 Å². The van der Waals surface area contributed by atoms with Gasteiger partial charge in [-0.05, 0) is 27.3 Å². The topological polar surface area (TPSA) is 32.3 Å². The molecular formula is C11H22N2O. The number of rotatable bonds is 6. The maximum Gasteiger partial charge on any atom is 0.234 e. The van der Waals surface area contributed by atoms with Crippen molar-refractivity contribution in [1.29, 1.82) is 0 Å². The first kappa shape index (κ1) is 13.2. The normalized spacial score (nSPS) is 10.1. The van der Waals surface area contributed by atoms with E-state index < -0.39 is 0 Å². The van der Waals surface area contributed by atoms with Crippen LogP contribution in [0, 0.1) is 0 Å². The van der Waals surface area contributed by atoms with Crippen LogP contribution < -0.4 is 5.32 Å². The third kappa shape index (κ3) is 7.80. The van der Waals surface area contributed by atoms with E-state index in [9.17, 15) is 4.79 Å². The van der Waals surface area contributed by atoms with Crippen molar-refractivity contribution >= 4 is 5.91 Å². The molecule has 1 N–H and O–H groups in total. The predicted molar refractivity (Wildman–Crippen MR) is 60.2 cm³/mol. The molecule has 0 unspecified atom stereocenters. The van der Waals surface area contributed by atoms with Crippen LogP contribution in [0.15, 0.2) is 11.6 Å². The first-order chi connectivity index (χ1) is 6.56. The molecule has 0 atom stereocenters. The van der Waals surface area contributed by atoms with Crippen molar-refractivity contribution in [3.63, 3.8) is 0 Å². The molecule has 3 heteroatoms. The molecule has 14 heavy (non-hydrogen) atoms. The molecule has 1 amide bonds. The first-order valence-corrected chi connectivity index (χ1v) is 5.14. The molecule has 0 saturated carbocycles. The van der Waals surface area contributed by atoms with Crippen molar-refractivity contribution in [3.8, 4) is 0 Å². The third-order valence-electron chi connectivity index (χ3n) is 1.80. The number of hydrogen-bond acceptors (Lipinski definition) is 2. The van der Waals surface area contributed by atoms with E-state index in [-0.39, 0.29) is 5.91 Å². The minimum absolute atomic E-state index is 0.108. The van der Waals surface area contributed by atoms with Crippen LogP contribution in [0.5, 0.6) is 0 Å². The van der Waals surface area contributed by atoms with E-state index in [2.05, 4.69) is 25.2 Å². The predicted octanol–water partition coefficient (Wildman–Crippen LogP) is 1.41. The Labute approximate surface area is 87.2 Å². The van der Waals surface area contributed by atoms with Gasteiger partial charge in [0, 0.05) is 13.1 Å². The van der Waals surface area contributed by atoms with Gasteiger partial charge in [0.05, 0.1) is 6.54 Å². The van der Waals surface area contributed by atoms with Crippen LogP contribution in [-0.2, 0) is 4.79 Å². The van der Waals surface area contributed by atoms with Gasteiger partial charge in [0.15, 0.2) is 0 Å². The fourth-order valence-corrected chi connectivity index (χ4v) is 0.968. The Balaban J connectivity index is 3.65. The van der Waals surface area contributed by atoms with Crippen molar-refractivity contribution in [3.05, 3.63) is 11.6 Å². The van der Waals surface area contributed by atoms with Gasteiger partial charge in [0.2, 0.25) is 5.91 Å². The Kier molecular flexibility index (Phi) is 7.11. The Morgan fingerprint density at radius 3 is 2.57 bits per heavy atom. The lowest BCUT2D eigenvalue weighted by molar-refractivity contribution is -0.121. The number of hydrogen-bond donors (Lipinski definition) is 1. The maximum atomic E-state index is 11.3. The standard InChI is InChI=1S/C11H22N2O/c1-5-7-12-11(14)9-13(4)8-6-10(2)3/h6H,5,7-9H2,1-4H3,(H,12,14). The Morgan fingerprint density at radius 2 is 2.07 bits per heavy atom. The molecule has 0 heterocycles. The smallest absolute Gasteiger partial charge is 0.234 e. The minimum Gasteiger partial charge on any atom is -0.355 e. The second-order valence-electron chi connectivity index (χ2n) is 3.83. The van der Waals surface area contributed by atoms with Gasteiger partial charge in [-0.2, -0.15) is 0 Å². The number of carbonyl (C=O) groups is 1. The Morgan fingerprint density at radius 1 is 1.43 bits per heavy atom. The van der Waals surface area contributed by atoms with Crippen molar-refractivity contribution in [2.45, 2.75) is 27.2 Å². The van der Waals surface area contributed by atoms with Gasteiger partial charge in [-0.1, -0.05) is 18.6 Å². The molecule has 0 rings (SSSR count). The SMILES string of the molecule is CCCNC(=O)CN(C)CC=C(C)C. The quantitative estimate of drug-likeness (QED) is 0.654. The monoisotopic (exact) mass is 198 g/mol. The van der Waals surface area contributed by atoms with Crippen LogP contribution in [-0.4, -0.2) is 37.5 Å². The number of allylic oxidation sites excluding steroid dienone is 1. The van der Waals surface area contributed by atoms with Crippen LogP contribution in [0.2, 0.25) is 0 Å². The first-order valence-electron chi connectivity index (χ1n) is 5.14. The van der Waals surface area contributed by atoms with Crippen LogP contribution in [0.1, 0.15) is 27.2 Å². The molecule has 0 aromatic heterocycles. The highest BCUT2D eigenvalue weighted by Crippen LogP contribution is 1.90. The van der Waals surface area contributed by atoms with E-state index in [0.717, 1.165) is 19.5 Å². The molecule has 3 nitrogen and oxygen atoms in total. The summed E-state index contributed by atoms with van der Waals surface area (Å²) in [6, 6.07) is 0. The summed E-state index contributed by atoms with van der Waals surface area (Å²) in [6.07, 6.45) is 3.11. The lowest BCUT2D eigenvalue weighted by atomic mass is 10.3. The zero-order valence-electron chi connectivity index (χ0n) is 9.76. The molecule has 0 aromatic carbocycles. The van der Waals surface area contributed by atoms with Gasteiger partial charge in [-0.25, -0.2) is 0 Å². The summed E-state index contributed by atoms with van der Waals surface area (Å²) in [4.78, 5) is 13.3. The molecule has 82 valence electrons. The summed E-state index contributed by atoms with van der Waals surface area (Å²) >= 11 is 0. The highest BCUT2D eigenvalue weighted by atomic mass is 16.1. The number of carbonyl (C=O) groups excluding carboxylic acids is 1. The molecular weight excluding hydrogens is 176 g/mol. The molecule has 0 spiro atoms. The molecule has 0 saturated heterocycles. The van der Waals surface area contributed by atoms with Crippen LogP contribution in [0.4, 0.5) is 0 Å². The fourth-order valence-electron chi connectivity index (χ4n) is 0.968. The molecule has 0 bridgehead atoms. The zero-order chi connectivity index (χ0) is 11.0. The Bertz CT molecular complexity index is 195. The van der Waals surface area contributed by atoms with E-state index in [1.54, 1.807) is 0 Å². The highest BCUT2D eigenvalue weighted by molar-refractivity contribution is 5.77. The third-order valence-corrected chi connectivity index (χ3v) is 1.80. The molecule has 0 aliphatic rings. The van der Waals surface area contributed by atoms with Crippen LogP contribution >= 0.6 is 0 Å². The second-order valence-corrected chi connectivity index (χ2v) is 3.83. The number of amides is 1. The Hall–Kier alpha value is -0.830. The average molecular weight is 198 g/mol. The summed E-state index contributed by atoms with van der Waals surface area (Å²) in [7, 11) is 1.95. The lowest BCUT2D eigenvalue weighted by Gasteiger charge is -2.14. The summed E-state index contributed by atoms with van der Waals surface area (Å²) in [5, 5.41) is 2.85. The second kappa shape index (κ2) is 7.56. The van der Waals surface area contributed by atoms with Crippen molar-refractivity contribution in [1.82, 2.24) is 10.2 Å². The summed E-state index contributed by atoms with van der Waals surface area (Å²) in [5.41, 5.74) is 1.28. The number of likely N-dealkylation sites (N-methyl/N-ethyl adjacent to an activating group) is 1. The molecule has 0 aliphatic heterocycles.